The predicted molar refractivity (Wildman–Crippen MR) is 78.4 cm³/mol. The van der Waals surface area contributed by atoms with Gasteiger partial charge in [0.05, 0.1) is 5.75 Å². The van der Waals surface area contributed by atoms with Crippen LogP contribution in [-0.4, -0.2) is 37.5 Å². The van der Waals surface area contributed by atoms with E-state index in [2.05, 4.69) is 0 Å². The zero-order valence-electron chi connectivity index (χ0n) is 11.6. The van der Waals surface area contributed by atoms with Gasteiger partial charge in [0.1, 0.15) is 15.3 Å². The van der Waals surface area contributed by atoms with E-state index in [1.54, 1.807) is 37.3 Å². The van der Waals surface area contributed by atoms with Crippen LogP contribution in [-0.2, 0) is 20.0 Å². The van der Waals surface area contributed by atoms with E-state index in [0.717, 1.165) is 0 Å². The molecule has 1 aromatic carbocycles. The maximum Gasteiger partial charge on any atom is 0.315 e. The number of aliphatic carboxylic acids is 1. The highest BCUT2D eigenvalue weighted by molar-refractivity contribution is 7.91. The van der Waals surface area contributed by atoms with Gasteiger partial charge >= 0.3 is 5.97 Å². The molecule has 0 fully saturated rings. The topological polar surface area (TPSA) is 97.5 Å². The Bertz CT molecular complexity index is 542. The van der Waals surface area contributed by atoms with Crippen molar-refractivity contribution in [2.75, 3.05) is 18.1 Å². The van der Waals surface area contributed by atoms with Crippen molar-refractivity contribution in [2.45, 2.75) is 25.2 Å². The van der Waals surface area contributed by atoms with Crippen LogP contribution in [0.3, 0.4) is 0 Å². The molecule has 0 aliphatic heterocycles. The van der Waals surface area contributed by atoms with Crippen LogP contribution in [0.25, 0.3) is 0 Å². The molecule has 0 spiro atoms. The molecule has 1 unspecified atom stereocenters. The normalized spacial score (nSPS) is 14.7. The Kier molecular flexibility index (Phi) is 5.71. The molecule has 0 aliphatic carbocycles. The first-order valence-electron chi connectivity index (χ1n) is 6.57. The van der Waals surface area contributed by atoms with Gasteiger partial charge in [-0.25, -0.2) is 8.42 Å². The average Bonchev–Trinajstić information content (AvgIpc) is 2.44. The molecule has 0 amide bonds. The summed E-state index contributed by atoms with van der Waals surface area (Å²) in [4.78, 5) is 11.6. The molecular formula is C14H21NO4S. The van der Waals surface area contributed by atoms with E-state index in [9.17, 15) is 18.3 Å². The first-order chi connectivity index (χ1) is 9.38. The summed E-state index contributed by atoms with van der Waals surface area (Å²) >= 11 is 0. The van der Waals surface area contributed by atoms with Crippen LogP contribution in [0.15, 0.2) is 30.3 Å². The lowest BCUT2D eigenvalue weighted by atomic mass is 9.77. The van der Waals surface area contributed by atoms with Crippen LogP contribution in [0.4, 0.5) is 0 Å². The van der Waals surface area contributed by atoms with Gasteiger partial charge < -0.3 is 10.8 Å². The summed E-state index contributed by atoms with van der Waals surface area (Å²) < 4.78 is 23.0. The molecule has 6 heteroatoms. The van der Waals surface area contributed by atoms with Gasteiger partial charge in [-0.1, -0.05) is 37.3 Å². The first kappa shape index (κ1) is 16.7. The van der Waals surface area contributed by atoms with Crippen molar-refractivity contribution in [1.82, 2.24) is 0 Å². The third-order valence-corrected chi connectivity index (χ3v) is 5.37. The number of hydrogen-bond donors (Lipinski definition) is 2. The Morgan fingerprint density at radius 2 is 1.90 bits per heavy atom. The third-order valence-electron chi connectivity index (χ3n) is 3.58. The second kappa shape index (κ2) is 6.85. The van der Waals surface area contributed by atoms with Gasteiger partial charge in [-0.3, -0.25) is 4.79 Å². The van der Waals surface area contributed by atoms with E-state index in [0.29, 0.717) is 5.56 Å². The Morgan fingerprint density at radius 1 is 1.30 bits per heavy atom. The molecule has 0 saturated heterocycles. The average molecular weight is 299 g/mol. The fourth-order valence-electron chi connectivity index (χ4n) is 2.18. The molecule has 0 bridgehead atoms. The molecule has 0 radical (unpaired) electrons. The zero-order valence-corrected chi connectivity index (χ0v) is 12.4. The highest BCUT2D eigenvalue weighted by Crippen LogP contribution is 2.29. The summed E-state index contributed by atoms with van der Waals surface area (Å²) in [5.74, 6) is -0.952. The van der Waals surface area contributed by atoms with Crippen LogP contribution in [0, 0.1) is 0 Å². The minimum absolute atomic E-state index is 0.00857. The van der Waals surface area contributed by atoms with Crippen LogP contribution in [0.5, 0.6) is 0 Å². The van der Waals surface area contributed by atoms with Crippen molar-refractivity contribution in [3.05, 3.63) is 35.9 Å². The van der Waals surface area contributed by atoms with Crippen molar-refractivity contribution in [3.63, 3.8) is 0 Å². The Hall–Kier alpha value is -1.40. The Balaban J connectivity index is 2.94. The molecular weight excluding hydrogens is 278 g/mol. The largest absolute Gasteiger partial charge is 0.481 e. The standard InChI is InChI=1S/C14H21NO4S/c1-2-20(18,19)10-6-9-14(11-15,13(16)17)12-7-4-3-5-8-12/h3-5,7-8H,2,6,9-11,15H2,1H3,(H,16,17). The van der Waals surface area contributed by atoms with Crippen molar-refractivity contribution in [3.8, 4) is 0 Å². The molecule has 0 aromatic heterocycles. The highest BCUT2D eigenvalue weighted by Gasteiger charge is 2.38. The second-order valence-corrected chi connectivity index (χ2v) is 7.27. The fourth-order valence-corrected chi connectivity index (χ4v) is 3.05. The van der Waals surface area contributed by atoms with E-state index >= 15 is 0 Å². The number of rotatable bonds is 8. The molecule has 0 saturated carbocycles. The van der Waals surface area contributed by atoms with Crippen molar-refractivity contribution >= 4 is 15.8 Å². The molecule has 1 aromatic rings. The fraction of sp³-hybridized carbons (Fsp3) is 0.500. The molecule has 1 rings (SSSR count). The number of carbonyl (C=O) groups is 1. The minimum Gasteiger partial charge on any atom is -0.481 e. The van der Waals surface area contributed by atoms with Gasteiger partial charge in [-0.2, -0.15) is 0 Å². The van der Waals surface area contributed by atoms with E-state index in [4.69, 9.17) is 5.73 Å². The van der Waals surface area contributed by atoms with Gasteiger partial charge in [0, 0.05) is 12.3 Å². The minimum atomic E-state index is -3.09. The van der Waals surface area contributed by atoms with Crippen LogP contribution < -0.4 is 5.73 Å². The summed E-state index contributed by atoms with van der Waals surface area (Å²) in [6, 6.07) is 8.75. The van der Waals surface area contributed by atoms with E-state index in [1.807, 2.05) is 0 Å². The lowest BCUT2D eigenvalue weighted by Crippen LogP contribution is -2.43. The van der Waals surface area contributed by atoms with Gasteiger partial charge in [-0.05, 0) is 18.4 Å². The summed E-state index contributed by atoms with van der Waals surface area (Å²) in [6.07, 6.45) is 0.497. The van der Waals surface area contributed by atoms with Crippen molar-refractivity contribution < 1.29 is 18.3 Å². The number of sulfone groups is 1. The van der Waals surface area contributed by atoms with Crippen LogP contribution >= 0.6 is 0 Å². The molecule has 0 heterocycles. The third kappa shape index (κ3) is 3.80. The Labute approximate surface area is 119 Å². The summed E-state index contributed by atoms with van der Waals surface area (Å²) in [7, 11) is -3.09. The predicted octanol–water partition coefficient (Wildman–Crippen LogP) is 1.18. The quantitative estimate of drug-likeness (QED) is 0.751. The van der Waals surface area contributed by atoms with E-state index in [1.165, 1.54) is 0 Å². The lowest BCUT2D eigenvalue weighted by Gasteiger charge is -2.28. The maximum absolute atomic E-state index is 11.6. The summed E-state index contributed by atoms with van der Waals surface area (Å²) in [6.45, 7) is 1.53. The monoisotopic (exact) mass is 299 g/mol. The van der Waals surface area contributed by atoms with Crippen LogP contribution in [0.1, 0.15) is 25.3 Å². The smallest absolute Gasteiger partial charge is 0.315 e. The molecule has 0 aliphatic rings. The van der Waals surface area contributed by atoms with E-state index < -0.39 is 21.2 Å². The zero-order chi connectivity index (χ0) is 15.2. The van der Waals surface area contributed by atoms with E-state index in [-0.39, 0.29) is 30.9 Å². The van der Waals surface area contributed by atoms with Gasteiger partial charge in [-0.15, -0.1) is 0 Å². The molecule has 20 heavy (non-hydrogen) atoms. The van der Waals surface area contributed by atoms with Crippen molar-refractivity contribution in [1.29, 1.82) is 0 Å². The highest BCUT2D eigenvalue weighted by atomic mass is 32.2. The van der Waals surface area contributed by atoms with Crippen LogP contribution in [0.2, 0.25) is 0 Å². The Morgan fingerprint density at radius 3 is 2.35 bits per heavy atom. The van der Waals surface area contributed by atoms with Gasteiger partial charge in [0.15, 0.2) is 0 Å². The second-order valence-electron chi connectivity index (χ2n) is 4.80. The summed E-state index contributed by atoms with van der Waals surface area (Å²) in [5, 5.41) is 9.53. The lowest BCUT2D eigenvalue weighted by molar-refractivity contribution is -0.143. The SMILES string of the molecule is CCS(=O)(=O)CCCC(CN)(C(=O)O)c1ccccc1. The number of carboxylic acids is 1. The number of benzene rings is 1. The van der Waals surface area contributed by atoms with Crippen molar-refractivity contribution in [2.24, 2.45) is 5.73 Å². The number of hydrogen-bond acceptors (Lipinski definition) is 4. The molecule has 112 valence electrons. The maximum atomic E-state index is 11.6. The molecule has 3 N–H and O–H groups in total. The summed E-state index contributed by atoms with van der Waals surface area (Å²) in [5.41, 5.74) is 5.09. The first-order valence-corrected chi connectivity index (χ1v) is 8.39. The molecule has 1 atom stereocenters. The number of nitrogens with two attached hydrogens (primary N) is 1. The number of carboxylic acid groups (broad SMARTS) is 1. The van der Waals surface area contributed by atoms with Gasteiger partial charge in [0.25, 0.3) is 0 Å². The molecule has 5 nitrogen and oxygen atoms in total. The van der Waals surface area contributed by atoms with Gasteiger partial charge in [0.2, 0.25) is 0 Å².